The lowest BCUT2D eigenvalue weighted by Gasteiger charge is -2.11. The van der Waals surface area contributed by atoms with Crippen molar-refractivity contribution in [1.82, 2.24) is 0 Å². The second-order valence-electron chi connectivity index (χ2n) is 4.82. The summed E-state index contributed by atoms with van der Waals surface area (Å²) in [5.41, 5.74) is 4.05. The molecule has 2 heteroatoms. The first-order valence-electron chi connectivity index (χ1n) is 6.04. The van der Waals surface area contributed by atoms with Crippen LogP contribution in [0, 0.1) is 12.7 Å². The molecule has 90 valence electrons. The molecule has 0 N–H and O–H groups in total. The minimum Gasteiger partial charge on any atom is -0.294 e. The number of hydrogen-bond acceptors (Lipinski definition) is 1. The Labute approximate surface area is 105 Å². The molecule has 0 aliphatic heterocycles. The lowest BCUT2D eigenvalue weighted by atomic mass is 9.92. The topological polar surface area (TPSA) is 17.1 Å². The fourth-order valence-corrected chi connectivity index (χ4v) is 2.62. The minimum absolute atomic E-state index is 0.0769. The van der Waals surface area contributed by atoms with Crippen LogP contribution in [-0.2, 0) is 0 Å². The van der Waals surface area contributed by atoms with Gasteiger partial charge in [-0.05, 0) is 30.2 Å². The summed E-state index contributed by atoms with van der Waals surface area (Å²) in [5, 5.41) is 0. The number of rotatable bonds is 1. The van der Waals surface area contributed by atoms with Crippen molar-refractivity contribution in [2.24, 2.45) is 0 Å². The number of ketones is 1. The Balaban J connectivity index is 2.09. The average molecular weight is 240 g/mol. The van der Waals surface area contributed by atoms with Gasteiger partial charge in [-0.2, -0.15) is 0 Å². The van der Waals surface area contributed by atoms with E-state index in [1.54, 1.807) is 12.1 Å². The molecule has 0 amide bonds. The molecular formula is C16H13FO. The van der Waals surface area contributed by atoms with Gasteiger partial charge in [0, 0.05) is 17.9 Å². The molecule has 0 bridgehead atoms. The highest BCUT2D eigenvalue weighted by atomic mass is 19.1. The van der Waals surface area contributed by atoms with E-state index in [9.17, 15) is 9.18 Å². The maximum atomic E-state index is 12.9. The second-order valence-corrected chi connectivity index (χ2v) is 4.82. The second kappa shape index (κ2) is 4.05. The lowest BCUT2D eigenvalue weighted by Crippen LogP contribution is -1.97. The van der Waals surface area contributed by atoms with Gasteiger partial charge in [0.2, 0.25) is 0 Å². The van der Waals surface area contributed by atoms with Gasteiger partial charge in [0.15, 0.2) is 5.78 Å². The number of carbonyl (C=O) groups is 1. The molecule has 0 radical (unpaired) electrons. The third kappa shape index (κ3) is 1.74. The van der Waals surface area contributed by atoms with Crippen LogP contribution in [0.4, 0.5) is 4.39 Å². The number of halogens is 1. The summed E-state index contributed by atoms with van der Waals surface area (Å²) in [7, 11) is 0. The van der Waals surface area contributed by atoms with Gasteiger partial charge in [-0.3, -0.25) is 4.79 Å². The SMILES string of the molecule is Cc1ccc2c(c1)[C@@H](c1ccc(F)cc1)CC2=O. The quantitative estimate of drug-likeness (QED) is 0.740. The average Bonchev–Trinajstić information content (AvgIpc) is 2.67. The van der Waals surface area contributed by atoms with Gasteiger partial charge in [0.1, 0.15) is 5.82 Å². The summed E-state index contributed by atoms with van der Waals surface area (Å²) in [6, 6.07) is 12.4. The van der Waals surface area contributed by atoms with E-state index in [1.807, 2.05) is 19.1 Å². The molecule has 1 aliphatic rings. The van der Waals surface area contributed by atoms with Crippen molar-refractivity contribution in [3.8, 4) is 0 Å². The molecule has 2 aromatic carbocycles. The molecule has 0 heterocycles. The van der Waals surface area contributed by atoms with Crippen molar-refractivity contribution in [2.45, 2.75) is 19.3 Å². The predicted octanol–water partition coefficient (Wildman–Crippen LogP) is 3.85. The van der Waals surface area contributed by atoms with Gasteiger partial charge in [0.25, 0.3) is 0 Å². The first-order valence-corrected chi connectivity index (χ1v) is 6.04. The van der Waals surface area contributed by atoms with E-state index in [1.165, 1.54) is 12.1 Å². The molecule has 18 heavy (non-hydrogen) atoms. The highest BCUT2D eigenvalue weighted by molar-refractivity contribution is 6.02. The van der Waals surface area contributed by atoms with Gasteiger partial charge in [0.05, 0.1) is 0 Å². The van der Waals surface area contributed by atoms with E-state index in [0.29, 0.717) is 6.42 Å². The number of benzene rings is 2. The lowest BCUT2D eigenvalue weighted by molar-refractivity contribution is 0.0991. The van der Waals surface area contributed by atoms with Crippen LogP contribution in [0.5, 0.6) is 0 Å². The largest absolute Gasteiger partial charge is 0.294 e. The summed E-state index contributed by atoms with van der Waals surface area (Å²) in [6.45, 7) is 2.02. The fraction of sp³-hybridized carbons (Fsp3) is 0.188. The number of fused-ring (bicyclic) bond motifs is 1. The van der Waals surface area contributed by atoms with Gasteiger partial charge >= 0.3 is 0 Å². The monoisotopic (exact) mass is 240 g/mol. The zero-order valence-electron chi connectivity index (χ0n) is 10.1. The minimum atomic E-state index is -0.243. The van der Waals surface area contributed by atoms with Crippen LogP contribution in [0.3, 0.4) is 0 Å². The molecule has 2 aromatic rings. The number of aryl methyl sites for hydroxylation is 1. The Morgan fingerprint density at radius 2 is 1.83 bits per heavy atom. The summed E-state index contributed by atoms with van der Waals surface area (Å²) in [4.78, 5) is 12.0. The third-order valence-electron chi connectivity index (χ3n) is 3.54. The van der Waals surface area contributed by atoms with Crippen LogP contribution < -0.4 is 0 Å². The normalized spacial score (nSPS) is 17.9. The van der Waals surface area contributed by atoms with Crippen LogP contribution in [0.15, 0.2) is 42.5 Å². The van der Waals surface area contributed by atoms with E-state index < -0.39 is 0 Å². The number of carbonyl (C=O) groups excluding carboxylic acids is 1. The van der Waals surface area contributed by atoms with E-state index >= 15 is 0 Å². The summed E-state index contributed by atoms with van der Waals surface area (Å²) >= 11 is 0. The third-order valence-corrected chi connectivity index (χ3v) is 3.54. The van der Waals surface area contributed by atoms with Crippen molar-refractivity contribution in [2.75, 3.05) is 0 Å². The molecule has 0 aromatic heterocycles. The Morgan fingerprint density at radius 1 is 1.11 bits per heavy atom. The molecule has 1 atom stereocenters. The molecule has 1 nitrogen and oxygen atoms in total. The number of hydrogen-bond donors (Lipinski definition) is 0. The van der Waals surface area contributed by atoms with E-state index in [0.717, 1.165) is 22.3 Å². The molecule has 1 aliphatic carbocycles. The van der Waals surface area contributed by atoms with Crippen LogP contribution >= 0.6 is 0 Å². The summed E-state index contributed by atoms with van der Waals surface area (Å²) in [5.74, 6) is 0.0138. The van der Waals surface area contributed by atoms with Gasteiger partial charge in [-0.1, -0.05) is 35.9 Å². The van der Waals surface area contributed by atoms with Crippen LogP contribution in [-0.4, -0.2) is 5.78 Å². The Kier molecular flexibility index (Phi) is 2.51. The molecule has 3 rings (SSSR count). The zero-order chi connectivity index (χ0) is 12.7. The van der Waals surface area contributed by atoms with Crippen molar-refractivity contribution < 1.29 is 9.18 Å². The maximum Gasteiger partial charge on any atom is 0.164 e. The Hall–Kier alpha value is -1.96. The van der Waals surface area contributed by atoms with Crippen molar-refractivity contribution >= 4 is 5.78 Å². The van der Waals surface area contributed by atoms with Crippen molar-refractivity contribution in [3.05, 3.63) is 70.5 Å². The first kappa shape index (κ1) is 11.1. The molecule has 0 saturated heterocycles. The molecule has 0 unspecified atom stereocenters. The van der Waals surface area contributed by atoms with Crippen LogP contribution in [0.1, 0.15) is 39.4 Å². The molecular weight excluding hydrogens is 227 g/mol. The molecule has 0 spiro atoms. The van der Waals surface area contributed by atoms with Crippen molar-refractivity contribution in [3.63, 3.8) is 0 Å². The Bertz CT molecular complexity index is 613. The van der Waals surface area contributed by atoms with Gasteiger partial charge in [-0.15, -0.1) is 0 Å². The smallest absolute Gasteiger partial charge is 0.164 e. The van der Waals surface area contributed by atoms with E-state index in [2.05, 4.69) is 6.07 Å². The van der Waals surface area contributed by atoms with Crippen molar-refractivity contribution in [1.29, 1.82) is 0 Å². The maximum absolute atomic E-state index is 12.9. The Morgan fingerprint density at radius 3 is 2.56 bits per heavy atom. The standard InChI is InChI=1S/C16H13FO/c1-10-2-7-13-15(8-10)14(9-16(13)18)11-3-5-12(17)6-4-11/h2-8,14H,9H2,1H3/t14-/m1/s1. The zero-order valence-corrected chi connectivity index (χ0v) is 10.1. The molecule has 0 saturated carbocycles. The van der Waals surface area contributed by atoms with E-state index in [4.69, 9.17) is 0 Å². The molecule has 0 fully saturated rings. The van der Waals surface area contributed by atoms with E-state index in [-0.39, 0.29) is 17.5 Å². The number of Topliss-reactive ketones (excluding diaryl/α,β-unsaturated/α-hetero) is 1. The van der Waals surface area contributed by atoms with Gasteiger partial charge < -0.3 is 0 Å². The van der Waals surface area contributed by atoms with Crippen LogP contribution in [0.2, 0.25) is 0 Å². The van der Waals surface area contributed by atoms with Gasteiger partial charge in [-0.25, -0.2) is 4.39 Å². The first-order chi connectivity index (χ1) is 8.65. The summed E-state index contributed by atoms with van der Waals surface area (Å²) < 4.78 is 12.9. The van der Waals surface area contributed by atoms with Crippen LogP contribution in [0.25, 0.3) is 0 Å². The summed E-state index contributed by atoms with van der Waals surface area (Å²) in [6.07, 6.45) is 0.490. The highest BCUT2D eigenvalue weighted by Crippen LogP contribution is 2.38. The predicted molar refractivity (Wildman–Crippen MR) is 68.4 cm³/mol. The fourth-order valence-electron chi connectivity index (χ4n) is 2.62. The highest BCUT2D eigenvalue weighted by Gasteiger charge is 2.30.